The van der Waals surface area contributed by atoms with Crippen LogP contribution >= 0.6 is 11.6 Å². The summed E-state index contributed by atoms with van der Waals surface area (Å²) in [6.07, 6.45) is -0.100. The highest BCUT2D eigenvalue weighted by Gasteiger charge is 2.22. The monoisotopic (exact) mass is 315 g/mol. The van der Waals surface area contributed by atoms with Gasteiger partial charge in [0.1, 0.15) is 5.69 Å². The minimum atomic E-state index is -0.593. The zero-order valence-corrected chi connectivity index (χ0v) is 12.8. The van der Waals surface area contributed by atoms with Gasteiger partial charge in [0.25, 0.3) is 11.6 Å². The van der Waals surface area contributed by atoms with Crippen LogP contribution in [0.3, 0.4) is 0 Å². The number of rotatable bonds is 6. The Morgan fingerprint density at radius 2 is 2.19 bits per heavy atom. The number of amides is 1. The Morgan fingerprint density at radius 1 is 1.57 bits per heavy atom. The van der Waals surface area contributed by atoms with Gasteiger partial charge in [0.15, 0.2) is 0 Å². The van der Waals surface area contributed by atoms with Crippen LogP contribution in [-0.4, -0.2) is 47.6 Å². The number of nitro groups is 1. The molecule has 1 aromatic rings. The lowest BCUT2D eigenvalue weighted by molar-refractivity contribution is -0.384. The van der Waals surface area contributed by atoms with Crippen LogP contribution < -0.4 is 5.32 Å². The maximum atomic E-state index is 12.2. The molecule has 0 saturated heterocycles. The molecule has 0 radical (unpaired) electrons. The molecule has 116 valence electrons. The van der Waals surface area contributed by atoms with E-state index in [-0.39, 0.29) is 27.9 Å². The van der Waals surface area contributed by atoms with Crippen molar-refractivity contribution in [1.82, 2.24) is 4.90 Å². The molecule has 1 rings (SSSR count). The predicted molar refractivity (Wildman–Crippen MR) is 80.9 cm³/mol. The molecule has 0 fully saturated rings. The topological polar surface area (TPSA) is 95.7 Å². The molecule has 0 saturated carbocycles. The van der Waals surface area contributed by atoms with E-state index in [0.29, 0.717) is 13.0 Å². The summed E-state index contributed by atoms with van der Waals surface area (Å²) in [6, 6.07) is 2.58. The maximum absolute atomic E-state index is 12.2. The van der Waals surface area contributed by atoms with Gasteiger partial charge in [-0.25, -0.2) is 0 Å². The molecule has 0 aromatic heterocycles. The van der Waals surface area contributed by atoms with Gasteiger partial charge in [0, 0.05) is 32.3 Å². The minimum absolute atomic E-state index is 0.110. The van der Waals surface area contributed by atoms with Crippen molar-refractivity contribution in [1.29, 1.82) is 0 Å². The molecule has 0 aliphatic carbocycles. The van der Waals surface area contributed by atoms with E-state index in [1.165, 1.54) is 24.1 Å². The molecule has 0 heterocycles. The lowest BCUT2D eigenvalue weighted by Crippen LogP contribution is -2.29. The van der Waals surface area contributed by atoms with E-state index >= 15 is 0 Å². The number of hydrogen-bond acceptors (Lipinski definition) is 5. The number of nitro benzene ring substituents is 1. The van der Waals surface area contributed by atoms with Crippen LogP contribution in [0.5, 0.6) is 0 Å². The number of hydrogen-bond donors (Lipinski definition) is 2. The Kier molecular flexibility index (Phi) is 5.92. The molecule has 0 spiro atoms. The third-order valence-corrected chi connectivity index (χ3v) is 3.29. The maximum Gasteiger partial charge on any atom is 0.294 e. The van der Waals surface area contributed by atoms with Gasteiger partial charge in [0.05, 0.1) is 16.0 Å². The van der Waals surface area contributed by atoms with Crippen molar-refractivity contribution in [3.8, 4) is 0 Å². The Hall–Kier alpha value is -1.86. The molecule has 1 unspecified atom stereocenters. The summed E-state index contributed by atoms with van der Waals surface area (Å²) < 4.78 is 0. The molecule has 0 bridgehead atoms. The van der Waals surface area contributed by atoms with Crippen LogP contribution in [-0.2, 0) is 0 Å². The molecule has 1 atom stereocenters. The number of aliphatic hydroxyl groups is 1. The zero-order valence-electron chi connectivity index (χ0n) is 12.1. The molecule has 1 aromatic carbocycles. The fourth-order valence-corrected chi connectivity index (χ4v) is 2.12. The van der Waals surface area contributed by atoms with Crippen molar-refractivity contribution in [2.24, 2.45) is 0 Å². The van der Waals surface area contributed by atoms with Crippen molar-refractivity contribution in [3.63, 3.8) is 0 Å². The largest absolute Gasteiger partial charge is 0.393 e. The van der Waals surface area contributed by atoms with E-state index in [4.69, 9.17) is 11.6 Å². The van der Waals surface area contributed by atoms with E-state index in [9.17, 15) is 20.0 Å². The Morgan fingerprint density at radius 3 is 2.67 bits per heavy atom. The first-order chi connectivity index (χ1) is 9.77. The molecule has 0 aliphatic rings. The van der Waals surface area contributed by atoms with Crippen molar-refractivity contribution in [3.05, 3.63) is 32.8 Å². The summed E-state index contributed by atoms with van der Waals surface area (Å²) >= 11 is 5.98. The number of nitrogens with one attached hydrogen (secondary N) is 1. The van der Waals surface area contributed by atoms with Gasteiger partial charge < -0.3 is 15.3 Å². The van der Waals surface area contributed by atoms with Gasteiger partial charge >= 0.3 is 0 Å². The summed E-state index contributed by atoms with van der Waals surface area (Å²) in [7, 11) is 3.08. The molecular weight excluding hydrogens is 298 g/mol. The lowest BCUT2D eigenvalue weighted by atomic mass is 10.1. The van der Waals surface area contributed by atoms with Crippen molar-refractivity contribution < 1.29 is 14.8 Å². The highest BCUT2D eigenvalue weighted by Crippen LogP contribution is 2.33. The smallest absolute Gasteiger partial charge is 0.294 e. The van der Waals surface area contributed by atoms with Gasteiger partial charge in [-0.3, -0.25) is 14.9 Å². The van der Waals surface area contributed by atoms with Gasteiger partial charge in [0.2, 0.25) is 0 Å². The molecule has 21 heavy (non-hydrogen) atoms. The molecular formula is C13H18ClN3O4. The molecule has 2 N–H and O–H groups in total. The SMILES string of the molecule is CNc1c(Cl)cc(C(=O)N(C)CCC(C)O)cc1[N+](=O)[O-]. The lowest BCUT2D eigenvalue weighted by Gasteiger charge is -2.18. The fourth-order valence-electron chi connectivity index (χ4n) is 1.81. The average Bonchev–Trinajstić information content (AvgIpc) is 2.42. The van der Waals surface area contributed by atoms with Gasteiger partial charge in [-0.2, -0.15) is 0 Å². The van der Waals surface area contributed by atoms with Crippen LogP contribution in [0.4, 0.5) is 11.4 Å². The number of halogens is 1. The summed E-state index contributed by atoms with van der Waals surface area (Å²) in [5.74, 6) is -0.386. The van der Waals surface area contributed by atoms with Crippen LogP contribution in [0.15, 0.2) is 12.1 Å². The number of nitrogens with zero attached hydrogens (tertiary/aromatic N) is 2. The fraction of sp³-hybridized carbons (Fsp3) is 0.462. The Bertz CT molecular complexity index is 548. The Balaban J connectivity index is 3.08. The standard InChI is InChI=1S/C13H18ClN3O4/c1-8(18)4-5-16(3)13(19)9-6-10(14)12(15-2)11(7-9)17(20)21/h6-8,15,18H,4-5H2,1-3H3. The number of benzene rings is 1. The van der Waals surface area contributed by atoms with Gasteiger partial charge in [-0.1, -0.05) is 11.6 Å². The van der Waals surface area contributed by atoms with Crippen molar-refractivity contribution in [2.45, 2.75) is 19.4 Å². The first-order valence-electron chi connectivity index (χ1n) is 6.37. The van der Waals surface area contributed by atoms with E-state index in [0.717, 1.165) is 0 Å². The van der Waals surface area contributed by atoms with E-state index in [2.05, 4.69) is 5.32 Å². The summed E-state index contributed by atoms with van der Waals surface area (Å²) in [6.45, 7) is 1.97. The van der Waals surface area contributed by atoms with Crippen LogP contribution in [0.1, 0.15) is 23.7 Å². The second-order valence-corrected chi connectivity index (χ2v) is 5.13. The average molecular weight is 316 g/mol. The number of aliphatic hydroxyl groups excluding tert-OH is 1. The number of carbonyl (C=O) groups is 1. The Labute approximate surface area is 127 Å². The molecule has 1 amide bonds. The van der Waals surface area contributed by atoms with E-state index in [1.807, 2.05) is 0 Å². The summed E-state index contributed by atoms with van der Waals surface area (Å²) in [5, 5.41) is 23.0. The molecule has 0 aliphatic heterocycles. The van der Waals surface area contributed by atoms with E-state index < -0.39 is 11.0 Å². The van der Waals surface area contributed by atoms with Crippen LogP contribution in [0, 0.1) is 10.1 Å². The second-order valence-electron chi connectivity index (χ2n) is 4.72. The van der Waals surface area contributed by atoms with Crippen molar-refractivity contribution >= 4 is 28.9 Å². The normalized spacial score (nSPS) is 11.9. The van der Waals surface area contributed by atoms with Crippen LogP contribution in [0.2, 0.25) is 5.02 Å². The highest BCUT2D eigenvalue weighted by atomic mass is 35.5. The van der Waals surface area contributed by atoms with Crippen molar-refractivity contribution in [2.75, 3.05) is 26.0 Å². The molecule has 7 nitrogen and oxygen atoms in total. The number of carbonyl (C=O) groups excluding carboxylic acids is 1. The minimum Gasteiger partial charge on any atom is -0.393 e. The zero-order chi connectivity index (χ0) is 16.2. The first kappa shape index (κ1) is 17.2. The van der Waals surface area contributed by atoms with Gasteiger partial charge in [-0.15, -0.1) is 0 Å². The highest BCUT2D eigenvalue weighted by molar-refractivity contribution is 6.34. The number of anilines is 1. The van der Waals surface area contributed by atoms with Gasteiger partial charge in [-0.05, 0) is 19.4 Å². The molecule has 8 heteroatoms. The third kappa shape index (κ3) is 4.30. The summed E-state index contributed by atoms with van der Waals surface area (Å²) in [4.78, 5) is 24.1. The summed E-state index contributed by atoms with van der Waals surface area (Å²) in [5.41, 5.74) is 0.0564. The predicted octanol–water partition coefficient (Wildman–Crippen LogP) is 2.13. The second kappa shape index (κ2) is 7.24. The van der Waals surface area contributed by atoms with E-state index in [1.54, 1.807) is 14.0 Å². The van der Waals surface area contributed by atoms with Crippen LogP contribution in [0.25, 0.3) is 0 Å². The first-order valence-corrected chi connectivity index (χ1v) is 6.75. The third-order valence-electron chi connectivity index (χ3n) is 2.99. The quantitative estimate of drug-likeness (QED) is 0.619.